The fraction of sp³-hybridized carbons (Fsp3) is 0.438. The van der Waals surface area contributed by atoms with Crippen LogP contribution in [-0.2, 0) is 29.1 Å². The van der Waals surface area contributed by atoms with E-state index in [0.717, 1.165) is 5.56 Å². The first-order valence-corrected chi connectivity index (χ1v) is 9.44. The Bertz CT molecular complexity index is 746. The van der Waals surface area contributed by atoms with Crippen molar-refractivity contribution in [1.29, 1.82) is 0 Å². The number of benzene rings is 1. The zero-order chi connectivity index (χ0) is 19.7. The van der Waals surface area contributed by atoms with Crippen molar-refractivity contribution in [2.75, 3.05) is 19.6 Å². The fourth-order valence-corrected chi connectivity index (χ4v) is 2.79. The van der Waals surface area contributed by atoms with Gasteiger partial charge in [0.05, 0.1) is 11.4 Å². The molecule has 0 heterocycles. The Morgan fingerprint density at radius 3 is 2.27 bits per heavy atom. The van der Waals surface area contributed by atoms with Crippen molar-refractivity contribution in [2.45, 2.75) is 31.8 Å². The van der Waals surface area contributed by atoms with Gasteiger partial charge >= 0.3 is 5.97 Å². The standard InChI is InChI=1S/C16H23N3O6S/c1-4-17-16(22)12(3)25-15(21)10-18-14(20)9-19-26(23,24)13-7-5-11(2)6-8-13/h5-8,12,19H,4,9-10H2,1-3H3,(H,17,22)(H,18,20)/t12-/m0/s1. The van der Waals surface area contributed by atoms with Crippen LogP contribution in [0.15, 0.2) is 29.2 Å². The van der Waals surface area contributed by atoms with Crippen molar-refractivity contribution >= 4 is 27.8 Å². The Morgan fingerprint density at radius 1 is 1.08 bits per heavy atom. The lowest BCUT2D eigenvalue weighted by atomic mass is 10.2. The van der Waals surface area contributed by atoms with E-state index in [4.69, 9.17) is 4.74 Å². The third-order valence-corrected chi connectivity index (χ3v) is 4.63. The lowest BCUT2D eigenvalue weighted by Gasteiger charge is -2.13. The molecule has 1 aromatic carbocycles. The number of likely N-dealkylation sites (N-methyl/N-ethyl adjacent to an activating group) is 1. The molecular formula is C16H23N3O6S. The number of carbonyl (C=O) groups is 3. The number of rotatable bonds is 9. The zero-order valence-electron chi connectivity index (χ0n) is 14.9. The molecular weight excluding hydrogens is 362 g/mol. The van der Waals surface area contributed by atoms with E-state index >= 15 is 0 Å². The summed E-state index contributed by atoms with van der Waals surface area (Å²) in [6, 6.07) is 6.13. The summed E-state index contributed by atoms with van der Waals surface area (Å²) in [7, 11) is -3.83. The van der Waals surface area contributed by atoms with E-state index in [1.165, 1.54) is 19.1 Å². The second-order valence-electron chi connectivity index (χ2n) is 5.44. The molecule has 0 saturated heterocycles. The first kappa shape index (κ1) is 21.6. The summed E-state index contributed by atoms with van der Waals surface area (Å²) in [6.07, 6.45) is -0.987. The van der Waals surface area contributed by atoms with Gasteiger partial charge in [-0.15, -0.1) is 0 Å². The van der Waals surface area contributed by atoms with Gasteiger partial charge in [-0.25, -0.2) is 13.1 Å². The summed E-state index contributed by atoms with van der Waals surface area (Å²) in [5.74, 6) is -1.96. The highest BCUT2D eigenvalue weighted by Gasteiger charge is 2.18. The highest BCUT2D eigenvalue weighted by molar-refractivity contribution is 7.89. The Morgan fingerprint density at radius 2 is 1.69 bits per heavy atom. The van der Waals surface area contributed by atoms with E-state index in [9.17, 15) is 22.8 Å². The summed E-state index contributed by atoms with van der Waals surface area (Å²) in [6.45, 7) is 4.34. The second kappa shape index (κ2) is 9.88. The Kier molecular flexibility index (Phi) is 8.20. The molecule has 0 aliphatic rings. The van der Waals surface area contributed by atoms with Crippen LogP contribution in [0, 0.1) is 6.92 Å². The summed E-state index contributed by atoms with van der Waals surface area (Å²) in [5, 5.41) is 4.71. The van der Waals surface area contributed by atoms with Gasteiger partial charge in [0.2, 0.25) is 15.9 Å². The minimum atomic E-state index is -3.83. The molecule has 9 nitrogen and oxygen atoms in total. The molecule has 0 aliphatic heterocycles. The molecule has 26 heavy (non-hydrogen) atoms. The van der Waals surface area contributed by atoms with Gasteiger partial charge in [-0.3, -0.25) is 14.4 Å². The second-order valence-corrected chi connectivity index (χ2v) is 7.21. The number of nitrogens with one attached hydrogen (secondary N) is 3. The summed E-state index contributed by atoms with van der Waals surface area (Å²) >= 11 is 0. The van der Waals surface area contributed by atoms with Gasteiger partial charge in [-0.2, -0.15) is 0 Å². The van der Waals surface area contributed by atoms with Gasteiger partial charge in [0.15, 0.2) is 6.10 Å². The van der Waals surface area contributed by atoms with Crippen LogP contribution in [0.2, 0.25) is 0 Å². The fourth-order valence-electron chi connectivity index (χ4n) is 1.80. The molecule has 0 radical (unpaired) electrons. The van der Waals surface area contributed by atoms with E-state index in [1.54, 1.807) is 19.1 Å². The molecule has 0 spiro atoms. The smallest absolute Gasteiger partial charge is 0.326 e. The number of hydrogen-bond acceptors (Lipinski definition) is 6. The lowest BCUT2D eigenvalue weighted by Crippen LogP contribution is -2.41. The number of carbonyl (C=O) groups excluding carboxylic acids is 3. The molecule has 1 aromatic rings. The van der Waals surface area contributed by atoms with Crippen LogP contribution < -0.4 is 15.4 Å². The molecule has 0 fully saturated rings. The van der Waals surface area contributed by atoms with E-state index in [0.29, 0.717) is 6.54 Å². The first-order chi connectivity index (χ1) is 12.2. The number of aryl methyl sites for hydroxylation is 1. The zero-order valence-corrected chi connectivity index (χ0v) is 15.7. The van der Waals surface area contributed by atoms with Crippen molar-refractivity contribution in [3.05, 3.63) is 29.8 Å². The summed E-state index contributed by atoms with van der Waals surface area (Å²) < 4.78 is 31.1. The summed E-state index contributed by atoms with van der Waals surface area (Å²) in [5.41, 5.74) is 0.905. The molecule has 0 aliphatic carbocycles. The van der Waals surface area contributed by atoms with Crippen molar-refractivity contribution in [3.8, 4) is 0 Å². The van der Waals surface area contributed by atoms with E-state index < -0.39 is 47.0 Å². The first-order valence-electron chi connectivity index (χ1n) is 7.96. The van der Waals surface area contributed by atoms with Gasteiger partial charge in [0.25, 0.3) is 5.91 Å². The van der Waals surface area contributed by atoms with Gasteiger partial charge < -0.3 is 15.4 Å². The molecule has 3 N–H and O–H groups in total. The molecule has 1 atom stereocenters. The maximum atomic E-state index is 12.0. The average molecular weight is 385 g/mol. The van der Waals surface area contributed by atoms with E-state index in [2.05, 4.69) is 15.4 Å². The number of amides is 2. The molecule has 10 heteroatoms. The maximum Gasteiger partial charge on any atom is 0.326 e. The van der Waals surface area contributed by atoms with Crippen molar-refractivity contribution in [3.63, 3.8) is 0 Å². The van der Waals surface area contributed by atoms with Gasteiger partial charge in [-0.05, 0) is 32.9 Å². The Hall–Kier alpha value is -2.46. The Labute approximate surface area is 152 Å². The third-order valence-electron chi connectivity index (χ3n) is 3.21. The normalized spacial score (nSPS) is 12.1. The minimum Gasteiger partial charge on any atom is -0.451 e. The molecule has 0 bridgehead atoms. The van der Waals surface area contributed by atoms with Crippen molar-refractivity contribution in [1.82, 2.24) is 15.4 Å². The average Bonchev–Trinajstić information content (AvgIpc) is 2.58. The van der Waals surface area contributed by atoms with Crippen LogP contribution in [0.3, 0.4) is 0 Å². The monoisotopic (exact) mass is 385 g/mol. The molecule has 0 aromatic heterocycles. The molecule has 0 unspecified atom stereocenters. The third kappa shape index (κ3) is 7.19. The van der Waals surface area contributed by atoms with Crippen LogP contribution >= 0.6 is 0 Å². The van der Waals surface area contributed by atoms with Gasteiger partial charge in [0, 0.05) is 6.54 Å². The van der Waals surface area contributed by atoms with Crippen molar-refractivity contribution < 1.29 is 27.5 Å². The van der Waals surface area contributed by atoms with Crippen molar-refractivity contribution in [2.24, 2.45) is 0 Å². The number of hydrogen-bond donors (Lipinski definition) is 3. The van der Waals surface area contributed by atoms with E-state index in [1.807, 2.05) is 6.92 Å². The van der Waals surface area contributed by atoms with Crippen LogP contribution in [-0.4, -0.2) is 51.9 Å². The Balaban J connectivity index is 2.41. The molecule has 144 valence electrons. The van der Waals surface area contributed by atoms with Gasteiger partial charge in [0.1, 0.15) is 6.54 Å². The number of ether oxygens (including phenoxy) is 1. The number of sulfonamides is 1. The predicted molar refractivity (Wildman–Crippen MR) is 93.6 cm³/mol. The molecule has 0 saturated carbocycles. The van der Waals surface area contributed by atoms with Gasteiger partial charge in [-0.1, -0.05) is 17.7 Å². The van der Waals surface area contributed by atoms with Crippen LogP contribution in [0.1, 0.15) is 19.4 Å². The topological polar surface area (TPSA) is 131 Å². The summed E-state index contributed by atoms with van der Waals surface area (Å²) in [4.78, 5) is 34.7. The highest BCUT2D eigenvalue weighted by atomic mass is 32.2. The van der Waals surface area contributed by atoms with E-state index in [-0.39, 0.29) is 4.90 Å². The molecule has 1 rings (SSSR count). The number of esters is 1. The lowest BCUT2D eigenvalue weighted by molar-refractivity contribution is -0.154. The largest absolute Gasteiger partial charge is 0.451 e. The predicted octanol–water partition coefficient (Wildman–Crippen LogP) is -0.543. The maximum absolute atomic E-state index is 12.0. The minimum absolute atomic E-state index is 0.0334. The van der Waals surface area contributed by atoms with Crippen LogP contribution in [0.25, 0.3) is 0 Å². The molecule has 2 amide bonds. The van der Waals surface area contributed by atoms with Crippen LogP contribution in [0.4, 0.5) is 0 Å². The highest BCUT2D eigenvalue weighted by Crippen LogP contribution is 2.09. The SMILES string of the molecule is CCNC(=O)[C@H](C)OC(=O)CNC(=O)CNS(=O)(=O)c1ccc(C)cc1. The van der Waals surface area contributed by atoms with Crippen LogP contribution in [0.5, 0.6) is 0 Å². The quantitative estimate of drug-likeness (QED) is 0.489.